The van der Waals surface area contributed by atoms with Gasteiger partial charge in [0.25, 0.3) is 5.91 Å². The maximum absolute atomic E-state index is 12.1. The average Bonchev–Trinajstić information content (AvgIpc) is 3.16. The third-order valence-electron chi connectivity index (χ3n) is 3.74. The zero-order chi connectivity index (χ0) is 13.2. The van der Waals surface area contributed by atoms with Crippen LogP contribution in [0.25, 0.3) is 0 Å². The van der Waals surface area contributed by atoms with Gasteiger partial charge in [0.1, 0.15) is 5.75 Å². The van der Waals surface area contributed by atoms with Crippen molar-refractivity contribution in [3.8, 4) is 5.75 Å². The number of carbonyl (C=O) groups is 1. The molecule has 2 rings (SSSR count). The lowest BCUT2D eigenvalue weighted by Crippen LogP contribution is -2.30. The highest BCUT2D eigenvalue weighted by atomic mass is 79.9. The molecule has 1 aliphatic rings. The summed E-state index contributed by atoms with van der Waals surface area (Å²) in [6.07, 6.45) is 3.58. The lowest BCUT2D eigenvalue weighted by atomic mass is 10.0. The van der Waals surface area contributed by atoms with Crippen molar-refractivity contribution < 1.29 is 9.53 Å². The van der Waals surface area contributed by atoms with Crippen molar-refractivity contribution in [3.05, 3.63) is 28.2 Å². The summed E-state index contributed by atoms with van der Waals surface area (Å²) >= 11 is 3.37. The molecule has 18 heavy (non-hydrogen) atoms. The van der Waals surface area contributed by atoms with E-state index in [0.29, 0.717) is 16.7 Å². The van der Waals surface area contributed by atoms with Gasteiger partial charge in [-0.25, -0.2) is 0 Å². The van der Waals surface area contributed by atoms with Crippen molar-refractivity contribution in [2.75, 3.05) is 13.7 Å². The van der Waals surface area contributed by atoms with Gasteiger partial charge in [0.05, 0.1) is 12.7 Å². The van der Waals surface area contributed by atoms with Crippen LogP contribution in [0, 0.1) is 5.41 Å². The second-order valence-corrected chi connectivity index (χ2v) is 5.80. The molecule has 0 aliphatic heterocycles. The SMILES string of the molecule is CCC1(CNC(=O)c2ccc(Br)cc2OC)CC1. The first-order chi connectivity index (χ1) is 8.60. The smallest absolute Gasteiger partial charge is 0.255 e. The van der Waals surface area contributed by atoms with E-state index in [1.807, 2.05) is 12.1 Å². The average molecular weight is 312 g/mol. The number of nitrogens with one attached hydrogen (secondary N) is 1. The molecular weight excluding hydrogens is 294 g/mol. The quantitative estimate of drug-likeness (QED) is 0.905. The molecule has 1 aromatic rings. The van der Waals surface area contributed by atoms with Crippen LogP contribution >= 0.6 is 15.9 Å². The Morgan fingerprint density at radius 3 is 2.78 bits per heavy atom. The molecule has 0 atom stereocenters. The molecule has 4 heteroatoms. The Hall–Kier alpha value is -1.03. The van der Waals surface area contributed by atoms with Gasteiger partial charge in [0.15, 0.2) is 0 Å². The van der Waals surface area contributed by atoms with E-state index in [1.165, 1.54) is 12.8 Å². The number of benzene rings is 1. The monoisotopic (exact) mass is 311 g/mol. The number of hydrogen-bond acceptors (Lipinski definition) is 2. The number of hydrogen-bond donors (Lipinski definition) is 1. The number of methoxy groups -OCH3 is 1. The summed E-state index contributed by atoms with van der Waals surface area (Å²) in [7, 11) is 1.58. The molecule has 0 heterocycles. The molecule has 1 amide bonds. The van der Waals surface area contributed by atoms with Crippen LogP contribution in [0.15, 0.2) is 22.7 Å². The van der Waals surface area contributed by atoms with Gasteiger partial charge < -0.3 is 10.1 Å². The van der Waals surface area contributed by atoms with Crippen LogP contribution in [0.5, 0.6) is 5.75 Å². The highest BCUT2D eigenvalue weighted by molar-refractivity contribution is 9.10. The number of rotatable bonds is 5. The molecular formula is C14H18BrNO2. The zero-order valence-electron chi connectivity index (χ0n) is 10.8. The second-order valence-electron chi connectivity index (χ2n) is 4.88. The van der Waals surface area contributed by atoms with Crippen LogP contribution < -0.4 is 10.1 Å². The summed E-state index contributed by atoms with van der Waals surface area (Å²) in [5, 5.41) is 3.01. The molecule has 1 aromatic carbocycles. The number of ether oxygens (including phenoxy) is 1. The number of amides is 1. The molecule has 0 bridgehead atoms. The predicted octanol–water partition coefficient (Wildman–Crippen LogP) is 3.38. The Morgan fingerprint density at radius 1 is 1.50 bits per heavy atom. The van der Waals surface area contributed by atoms with Crippen molar-refractivity contribution in [2.24, 2.45) is 5.41 Å². The summed E-state index contributed by atoms with van der Waals surface area (Å²) in [4.78, 5) is 12.1. The second kappa shape index (κ2) is 5.31. The van der Waals surface area contributed by atoms with Gasteiger partial charge in [-0.05, 0) is 42.9 Å². The minimum atomic E-state index is -0.0564. The lowest BCUT2D eigenvalue weighted by molar-refractivity contribution is 0.0941. The highest BCUT2D eigenvalue weighted by Crippen LogP contribution is 2.47. The fourth-order valence-electron chi connectivity index (χ4n) is 2.05. The molecule has 98 valence electrons. The van der Waals surface area contributed by atoms with Crippen LogP contribution in [0.4, 0.5) is 0 Å². The Bertz CT molecular complexity index is 455. The molecule has 0 aromatic heterocycles. The third kappa shape index (κ3) is 2.86. The maximum atomic E-state index is 12.1. The summed E-state index contributed by atoms with van der Waals surface area (Å²) in [6.45, 7) is 2.95. The van der Waals surface area contributed by atoms with Crippen LogP contribution in [-0.2, 0) is 0 Å². The van der Waals surface area contributed by atoms with E-state index in [9.17, 15) is 4.79 Å². The van der Waals surface area contributed by atoms with Crippen molar-refractivity contribution >= 4 is 21.8 Å². The normalized spacial score (nSPS) is 16.2. The van der Waals surface area contributed by atoms with Crippen LogP contribution in [0.2, 0.25) is 0 Å². The van der Waals surface area contributed by atoms with Crippen LogP contribution in [0.3, 0.4) is 0 Å². The van der Waals surface area contributed by atoms with E-state index < -0.39 is 0 Å². The molecule has 0 saturated heterocycles. The minimum absolute atomic E-state index is 0.0564. The zero-order valence-corrected chi connectivity index (χ0v) is 12.3. The van der Waals surface area contributed by atoms with Crippen molar-refractivity contribution in [1.82, 2.24) is 5.32 Å². The first kappa shape index (κ1) is 13.4. The molecule has 1 saturated carbocycles. The van der Waals surface area contributed by atoms with E-state index in [1.54, 1.807) is 13.2 Å². The summed E-state index contributed by atoms with van der Waals surface area (Å²) < 4.78 is 6.14. The largest absolute Gasteiger partial charge is 0.496 e. The van der Waals surface area contributed by atoms with E-state index in [0.717, 1.165) is 17.4 Å². The molecule has 0 spiro atoms. The van der Waals surface area contributed by atoms with Crippen molar-refractivity contribution in [3.63, 3.8) is 0 Å². The fourth-order valence-corrected chi connectivity index (χ4v) is 2.39. The van der Waals surface area contributed by atoms with Gasteiger partial charge in [-0.3, -0.25) is 4.79 Å². The lowest BCUT2D eigenvalue weighted by Gasteiger charge is -2.14. The Labute approximate surface area is 116 Å². The van der Waals surface area contributed by atoms with E-state index >= 15 is 0 Å². The first-order valence-electron chi connectivity index (χ1n) is 6.22. The summed E-state index contributed by atoms with van der Waals surface area (Å²) in [5.74, 6) is 0.544. The summed E-state index contributed by atoms with van der Waals surface area (Å²) in [6, 6.07) is 5.44. The van der Waals surface area contributed by atoms with Gasteiger partial charge in [-0.1, -0.05) is 22.9 Å². The van der Waals surface area contributed by atoms with Gasteiger partial charge in [0.2, 0.25) is 0 Å². The molecule has 1 fully saturated rings. The molecule has 0 unspecified atom stereocenters. The van der Waals surface area contributed by atoms with Gasteiger partial charge >= 0.3 is 0 Å². The van der Waals surface area contributed by atoms with Crippen LogP contribution in [-0.4, -0.2) is 19.6 Å². The number of halogens is 1. The van der Waals surface area contributed by atoms with Crippen molar-refractivity contribution in [2.45, 2.75) is 26.2 Å². The standard InChI is InChI=1S/C14H18BrNO2/c1-3-14(6-7-14)9-16-13(17)11-5-4-10(15)8-12(11)18-2/h4-5,8H,3,6-7,9H2,1-2H3,(H,16,17). The first-order valence-corrected chi connectivity index (χ1v) is 7.01. The molecule has 1 N–H and O–H groups in total. The van der Waals surface area contributed by atoms with Crippen LogP contribution in [0.1, 0.15) is 36.5 Å². The topological polar surface area (TPSA) is 38.3 Å². The third-order valence-corrected chi connectivity index (χ3v) is 4.23. The fraction of sp³-hybridized carbons (Fsp3) is 0.500. The molecule has 3 nitrogen and oxygen atoms in total. The maximum Gasteiger partial charge on any atom is 0.255 e. The summed E-state index contributed by atoms with van der Waals surface area (Å²) in [5.41, 5.74) is 0.950. The van der Waals surface area contributed by atoms with E-state index in [4.69, 9.17) is 4.74 Å². The van der Waals surface area contributed by atoms with Gasteiger partial charge in [-0.2, -0.15) is 0 Å². The van der Waals surface area contributed by atoms with Gasteiger partial charge in [-0.15, -0.1) is 0 Å². The Morgan fingerprint density at radius 2 is 2.22 bits per heavy atom. The van der Waals surface area contributed by atoms with Gasteiger partial charge in [0, 0.05) is 11.0 Å². The van der Waals surface area contributed by atoms with E-state index in [-0.39, 0.29) is 5.91 Å². The minimum Gasteiger partial charge on any atom is -0.496 e. The Balaban J connectivity index is 2.04. The molecule has 1 aliphatic carbocycles. The predicted molar refractivity (Wildman–Crippen MR) is 75.0 cm³/mol. The van der Waals surface area contributed by atoms with E-state index in [2.05, 4.69) is 28.2 Å². The van der Waals surface area contributed by atoms with Crippen molar-refractivity contribution in [1.29, 1.82) is 0 Å². The Kier molecular flexibility index (Phi) is 3.95. The number of carbonyl (C=O) groups excluding carboxylic acids is 1. The molecule has 0 radical (unpaired) electrons. The highest BCUT2D eigenvalue weighted by Gasteiger charge is 2.40.